The van der Waals surface area contributed by atoms with Crippen LogP contribution in [0.4, 0.5) is 5.69 Å². The lowest BCUT2D eigenvalue weighted by Crippen LogP contribution is -2.01. The van der Waals surface area contributed by atoms with Crippen molar-refractivity contribution >= 4 is 17.3 Å². The average Bonchev–Trinajstić information content (AvgIpc) is 2.45. The highest BCUT2D eigenvalue weighted by atomic mass is 35.5. The van der Waals surface area contributed by atoms with Gasteiger partial charge in [-0.1, -0.05) is 24.6 Å². The van der Waals surface area contributed by atoms with Gasteiger partial charge in [0.25, 0.3) is 0 Å². The SMILES string of the molecule is CCc1nc(Cl)c(C)c(Oc2ccc(C)cc2[N+](=O)[O-])n1. The van der Waals surface area contributed by atoms with E-state index < -0.39 is 4.92 Å². The van der Waals surface area contributed by atoms with E-state index in [4.69, 9.17) is 16.3 Å². The van der Waals surface area contributed by atoms with E-state index in [2.05, 4.69) is 9.97 Å². The summed E-state index contributed by atoms with van der Waals surface area (Å²) in [5.41, 5.74) is 1.21. The van der Waals surface area contributed by atoms with Gasteiger partial charge in [0.05, 0.1) is 4.92 Å². The van der Waals surface area contributed by atoms with Crippen LogP contribution in [-0.4, -0.2) is 14.9 Å². The number of nitrogens with zero attached hydrogens (tertiary/aromatic N) is 3. The number of aryl methyl sites for hydroxylation is 2. The number of hydrogen-bond acceptors (Lipinski definition) is 5. The Morgan fingerprint density at radius 3 is 2.67 bits per heavy atom. The van der Waals surface area contributed by atoms with Crippen molar-refractivity contribution in [3.05, 3.63) is 50.4 Å². The molecular formula is C14H14ClN3O3. The lowest BCUT2D eigenvalue weighted by Gasteiger charge is -2.10. The van der Waals surface area contributed by atoms with Crippen molar-refractivity contribution in [3.8, 4) is 11.6 Å². The van der Waals surface area contributed by atoms with Crippen LogP contribution in [0, 0.1) is 24.0 Å². The van der Waals surface area contributed by atoms with E-state index in [1.54, 1.807) is 26.0 Å². The highest BCUT2D eigenvalue weighted by Gasteiger charge is 2.18. The minimum atomic E-state index is -0.485. The van der Waals surface area contributed by atoms with E-state index in [0.29, 0.717) is 17.8 Å². The lowest BCUT2D eigenvalue weighted by atomic mass is 10.2. The fraction of sp³-hybridized carbons (Fsp3) is 0.286. The molecule has 0 fully saturated rings. The number of halogens is 1. The van der Waals surface area contributed by atoms with Crippen molar-refractivity contribution in [2.45, 2.75) is 27.2 Å². The molecule has 0 aliphatic rings. The van der Waals surface area contributed by atoms with Gasteiger partial charge in [-0.2, -0.15) is 4.98 Å². The minimum absolute atomic E-state index is 0.109. The van der Waals surface area contributed by atoms with Crippen LogP contribution in [0.25, 0.3) is 0 Å². The van der Waals surface area contributed by atoms with Gasteiger partial charge in [0.1, 0.15) is 11.0 Å². The second-order valence-corrected chi connectivity index (χ2v) is 4.90. The van der Waals surface area contributed by atoms with Gasteiger partial charge in [-0.3, -0.25) is 10.1 Å². The van der Waals surface area contributed by atoms with E-state index in [0.717, 1.165) is 5.56 Å². The first kappa shape index (κ1) is 15.2. The largest absolute Gasteiger partial charge is 0.431 e. The third-order valence-electron chi connectivity index (χ3n) is 2.92. The first-order valence-electron chi connectivity index (χ1n) is 6.38. The van der Waals surface area contributed by atoms with Crippen LogP contribution in [0.5, 0.6) is 11.6 Å². The molecule has 0 radical (unpaired) electrons. The Balaban J connectivity index is 2.48. The molecule has 110 valence electrons. The van der Waals surface area contributed by atoms with Crippen molar-refractivity contribution in [1.82, 2.24) is 9.97 Å². The molecule has 0 bridgehead atoms. The molecule has 0 saturated heterocycles. The van der Waals surface area contributed by atoms with Crippen molar-refractivity contribution in [1.29, 1.82) is 0 Å². The van der Waals surface area contributed by atoms with Gasteiger partial charge < -0.3 is 4.74 Å². The molecule has 0 unspecified atom stereocenters. The molecule has 6 nitrogen and oxygen atoms in total. The Morgan fingerprint density at radius 2 is 2.05 bits per heavy atom. The summed E-state index contributed by atoms with van der Waals surface area (Å²) in [5.74, 6) is 0.889. The number of nitro groups is 1. The summed E-state index contributed by atoms with van der Waals surface area (Å²) in [6, 6.07) is 4.74. The molecule has 1 aromatic carbocycles. The summed E-state index contributed by atoms with van der Waals surface area (Å²) >= 11 is 6.03. The molecule has 0 saturated carbocycles. The Bertz CT molecular complexity index is 704. The summed E-state index contributed by atoms with van der Waals surface area (Å²) in [5, 5.41) is 11.4. The lowest BCUT2D eigenvalue weighted by molar-refractivity contribution is -0.385. The molecule has 7 heteroatoms. The molecular weight excluding hydrogens is 294 g/mol. The summed E-state index contributed by atoms with van der Waals surface area (Å²) in [6.07, 6.45) is 0.590. The van der Waals surface area contributed by atoms with Crippen LogP contribution in [0.2, 0.25) is 5.15 Å². The molecule has 0 amide bonds. The van der Waals surface area contributed by atoms with Gasteiger partial charge in [0.15, 0.2) is 0 Å². The first-order chi connectivity index (χ1) is 9.92. The third kappa shape index (κ3) is 3.28. The monoisotopic (exact) mass is 307 g/mol. The number of aromatic nitrogens is 2. The molecule has 1 aromatic heterocycles. The summed E-state index contributed by atoms with van der Waals surface area (Å²) < 4.78 is 5.60. The molecule has 0 aliphatic carbocycles. The van der Waals surface area contributed by atoms with Gasteiger partial charge in [0.2, 0.25) is 11.6 Å². The molecule has 0 aliphatic heterocycles. The quantitative estimate of drug-likeness (QED) is 0.484. The maximum Gasteiger partial charge on any atom is 0.311 e. The van der Waals surface area contributed by atoms with E-state index in [9.17, 15) is 10.1 Å². The van der Waals surface area contributed by atoms with Crippen molar-refractivity contribution in [2.24, 2.45) is 0 Å². The Kier molecular flexibility index (Phi) is 4.37. The van der Waals surface area contributed by atoms with Crippen LogP contribution < -0.4 is 4.74 Å². The van der Waals surface area contributed by atoms with Crippen LogP contribution in [0.15, 0.2) is 18.2 Å². The first-order valence-corrected chi connectivity index (χ1v) is 6.76. The second-order valence-electron chi connectivity index (χ2n) is 4.54. The fourth-order valence-electron chi connectivity index (χ4n) is 1.73. The van der Waals surface area contributed by atoms with Gasteiger partial charge in [-0.05, 0) is 25.5 Å². The molecule has 0 atom stereocenters. The summed E-state index contributed by atoms with van der Waals surface area (Å²) in [4.78, 5) is 19.0. The normalized spacial score (nSPS) is 10.5. The van der Waals surface area contributed by atoms with Gasteiger partial charge in [-0.15, -0.1) is 0 Å². The van der Waals surface area contributed by atoms with Crippen molar-refractivity contribution in [3.63, 3.8) is 0 Å². The zero-order valence-corrected chi connectivity index (χ0v) is 12.6. The minimum Gasteiger partial charge on any atom is -0.431 e. The predicted octanol–water partition coefficient (Wildman–Crippen LogP) is 4.01. The number of hydrogen-bond donors (Lipinski definition) is 0. The number of benzene rings is 1. The summed E-state index contributed by atoms with van der Waals surface area (Å²) in [6.45, 7) is 5.37. The van der Waals surface area contributed by atoms with Crippen LogP contribution in [0.3, 0.4) is 0 Å². The Labute approximate surface area is 126 Å². The van der Waals surface area contributed by atoms with Crippen molar-refractivity contribution in [2.75, 3.05) is 0 Å². The Hall–Kier alpha value is -2.21. The average molecular weight is 308 g/mol. The maximum absolute atomic E-state index is 11.1. The van der Waals surface area contributed by atoms with E-state index >= 15 is 0 Å². The van der Waals surface area contributed by atoms with Crippen LogP contribution >= 0.6 is 11.6 Å². The van der Waals surface area contributed by atoms with Crippen molar-refractivity contribution < 1.29 is 9.66 Å². The molecule has 0 N–H and O–H groups in total. The molecule has 2 aromatic rings. The number of rotatable bonds is 4. The number of nitro benzene ring substituents is 1. The van der Waals surface area contributed by atoms with E-state index in [1.807, 2.05) is 6.92 Å². The molecule has 1 heterocycles. The predicted molar refractivity (Wildman–Crippen MR) is 79.1 cm³/mol. The second kappa shape index (κ2) is 6.05. The topological polar surface area (TPSA) is 78.2 Å². The smallest absolute Gasteiger partial charge is 0.311 e. The fourth-order valence-corrected chi connectivity index (χ4v) is 1.91. The van der Waals surface area contributed by atoms with Crippen LogP contribution in [0.1, 0.15) is 23.9 Å². The summed E-state index contributed by atoms with van der Waals surface area (Å²) in [7, 11) is 0. The standard InChI is InChI=1S/C14H14ClN3O3/c1-4-12-16-13(15)9(3)14(17-12)21-11-6-5-8(2)7-10(11)18(19)20/h5-7H,4H2,1-3H3. The number of ether oxygens (including phenoxy) is 1. The van der Waals surface area contributed by atoms with Gasteiger partial charge >= 0.3 is 5.69 Å². The highest BCUT2D eigenvalue weighted by Crippen LogP contribution is 2.33. The zero-order valence-electron chi connectivity index (χ0n) is 11.9. The Morgan fingerprint density at radius 1 is 1.33 bits per heavy atom. The molecule has 21 heavy (non-hydrogen) atoms. The third-order valence-corrected chi connectivity index (χ3v) is 3.29. The van der Waals surface area contributed by atoms with E-state index in [-0.39, 0.29) is 22.5 Å². The highest BCUT2D eigenvalue weighted by molar-refractivity contribution is 6.30. The maximum atomic E-state index is 11.1. The molecule has 2 rings (SSSR count). The van der Waals surface area contributed by atoms with Crippen LogP contribution in [-0.2, 0) is 6.42 Å². The van der Waals surface area contributed by atoms with Gasteiger partial charge in [-0.25, -0.2) is 4.98 Å². The van der Waals surface area contributed by atoms with Gasteiger partial charge in [0, 0.05) is 18.1 Å². The molecule has 0 spiro atoms. The zero-order chi connectivity index (χ0) is 15.6. The van der Waals surface area contributed by atoms with E-state index in [1.165, 1.54) is 6.07 Å².